The molecule has 3 atom stereocenters. The highest BCUT2D eigenvalue weighted by Crippen LogP contribution is 2.41. The molecule has 2 saturated heterocycles. The lowest BCUT2D eigenvalue weighted by Crippen LogP contribution is -2.49. The van der Waals surface area contributed by atoms with Gasteiger partial charge >= 0.3 is 0 Å². The molecule has 1 amide bonds. The van der Waals surface area contributed by atoms with E-state index in [-0.39, 0.29) is 18.0 Å². The molecule has 1 aromatic carbocycles. The Hall–Kier alpha value is -2.11. The van der Waals surface area contributed by atoms with E-state index in [1.165, 1.54) is 0 Å². The Bertz CT molecular complexity index is 899. The Balaban J connectivity index is 1.49. The van der Waals surface area contributed by atoms with Gasteiger partial charge in [0.1, 0.15) is 5.75 Å². The van der Waals surface area contributed by atoms with Gasteiger partial charge in [0.2, 0.25) is 0 Å². The molecule has 3 heterocycles. The molecule has 0 radical (unpaired) electrons. The first-order valence-electron chi connectivity index (χ1n) is 9.73. The van der Waals surface area contributed by atoms with E-state index in [2.05, 4.69) is 22.9 Å². The zero-order valence-corrected chi connectivity index (χ0v) is 17.5. The second kappa shape index (κ2) is 7.37. The number of carbonyl (C=O) groups is 1. The Labute approximate surface area is 171 Å². The third-order valence-corrected chi connectivity index (χ3v) is 6.74. The number of methoxy groups -OCH3 is 1. The fourth-order valence-corrected chi connectivity index (χ4v) is 4.91. The molecule has 2 aliphatic heterocycles. The first-order valence-corrected chi connectivity index (χ1v) is 10.1. The molecule has 6 heteroatoms. The van der Waals surface area contributed by atoms with Crippen molar-refractivity contribution in [1.82, 2.24) is 14.8 Å². The Morgan fingerprint density at radius 1 is 1.21 bits per heavy atom. The van der Waals surface area contributed by atoms with Crippen molar-refractivity contribution in [3.05, 3.63) is 57.9 Å². The number of carbonyl (C=O) groups excluding carboxylic acids is 1. The van der Waals surface area contributed by atoms with Crippen LogP contribution in [-0.4, -0.2) is 53.0 Å². The number of hydrogen-bond acceptors (Lipinski definition) is 4. The van der Waals surface area contributed by atoms with Crippen LogP contribution in [0.2, 0.25) is 5.02 Å². The number of hydrogen-bond donors (Lipinski definition) is 0. The molecule has 4 rings (SSSR count). The van der Waals surface area contributed by atoms with Crippen LogP contribution >= 0.6 is 11.6 Å². The highest BCUT2D eigenvalue weighted by molar-refractivity contribution is 6.32. The normalized spacial score (nSPS) is 22.5. The molecular weight excluding hydrogens is 374 g/mol. The number of rotatable bonds is 4. The van der Waals surface area contributed by atoms with Crippen LogP contribution in [0.5, 0.6) is 5.75 Å². The highest BCUT2D eigenvalue weighted by Gasteiger charge is 2.47. The van der Waals surface area contributed by atoms with Gasteiger partial charge < -0.3 is 9.64 Å². The average molecular weight is 400 g/mol. The first-order chi connectivity index (χ1) is 13.4. The SMILES string of the molecule is COc1ccc([C@H](C)N2C[C@H]3C[C@@H]2CN3C(=O)c2ccc(C)nc2)c(Cl)c1C. The van der Waals surface area contributed by atoms with Gasteiger partial charge in [-0.25, -0.2) is 0 Å². The van der Waals surface area contributed by atoms with Crippen LogP contribution in [-0.2, 0) is 0 Å². The van der Waals surface area contributed by atoms with E-state index in [0.29, 0.717) is 11.6 Å². The van der Waals surface area contributed by atoms with Crippen molar-refractivity contribution >= 4 is 17.5 Å². The van der Waals surface area contributed by atoms with Crippen LogP contribution in [0.3, 0.4) is 0 Å². The van der Waals surface area contributed by atoms with Crippen LogP contribution in [0.15, 0.2) is 30.5 Å². The number of halogens is 1. The fraction of sp³-hybridized carbons (Fsp3) is 0.455. The molecule has 2 bridgehead atoms. The van der Waals surface area contributed by atoms with Crippen molar-refractivity contribution in [3.8, 4) is 5.75 Å². The zero-order chi connectivity index (χ0) is 20.0. The van der Waals surface area contributed by atoms with Gasteiger partial charge in [-0.2, -0.15) is 0 Å². The molecular formula is C22H26ClN3O2. The van der Waals surface area contributed by atoms with E-state index in [0.717, 1.165) is 47.1 Å². The molecule has 2 fully saturated rings. The molecule has 5 nitrogen and oxygen atoms in total. The van der Waals surface area contributed by atoms with Crippen molar-refractivity contribution in [2.45, 2.75) is 45.3 Å². The number of amides is 1. The molecule has 1 aromatic heterocycles. The van der Waals surface area contributed by atoms with Crippen LogP contribution < -0.4 is 4.74 Å². The van der Waals surface area contributed by atoms with Crippen molar-refractivity contribution in [1.29, 1.82) is 0 Å². The van der Waals surface area contributed by atoms with Crippen LogP contribution in [0, 0.1) is 13.8 Å². The maximum absolute atomic E-state index is 12.9. The van der Waals surface area contributed by atoms with E-state index in [1.54, 1.807) is 13.3 Å². The van der Waals surface area contributed by atoms with E-state index < -0.39 is 0 Å². The van der Waals surface area contributed by atoms with E-state index >= 15 is 0 Å². The largest absolute Gasteiger partial charge is 0.496 e. The molecule has 28 heavy (non-hydrogen) atoms. The van der Waals surface area contributed by atoms with Gasteiger partial charge in [0, 0.05) is 48.7 Å². The number of pyridine rings is 1. The molecule has 2 aliphatic rings. The fourth-order valence-electron chi connectivity index (χ4n) is 4.59. The summed E-state index contributed by atoms with van der Waals surface area (Å²) in [7, 11) is 1.66. The molecule has 148 valence electrons. The van der Waals surface area contributed by atoms with Crippen molar-refractivity contribution < 1.29 is 9.53 Å². The lowest BCUT2D eigenvalue weighted by Gasteiger charge is -2.38. The Morgan fingerprint density at radius 3 is 2.61 bits per heavy atom. The summed E-state index contributed by atoms with van der Waals surface area (Å²) in [5.74, 6) is 0.901. The highest BCUT2D eigenvalue weighted by atomic mass is 35.5. The summed E-state index contributed by atoms with van der Waals surface area (Å²) < 4.78 is 5.38. The minimum Gasteiger partial charge on any atom is -0.496 e. The van der Waals surface area contributed by atoms with Crippen LogP contribution in [0.25, 0.3) is 0 Å². The summed E-state index contributed by atoms with van der Waals surface area (Å²) in [6.07, 6.45) is 2.70. The van der Waals surface area contributed by atoms with Crippen LogP contribution in [0.1, 0.15) is 46.6 Å². The van der Waals surface area contributed by atoms with Gasteiger partial charge in [-0.15, -0.1) is 0 Å². The van der Waals surface area contributed by atoms with Gasteiger partial charge in [0.05, 0.1) is 17.7 Å². The third-order valence-electron chi connectivity index (χ3n) is 6.24. The summed E-state index contributed by atoms with van der Waals surface area (Å²) >= 11 is 6.65. The summed E-state index contributed by atoms with van der Waals surface area (Å²) in [5, 5.41) is 0.772. The van der Waals surface area contributed by atoms with E-state index in [4.69, 9.17) is 16.3 Å². The van der Waals surface area contributed by atoms with Crippen molar-refractivity contribution in [2.75, 3.05) is 20.2 Å². The van der Waals surface area contributed by atoms with Gasteiger partial charge in [-0.05, 0) is 51.0 Å². The Morgan fingerprint density at radius 2 is 2.00 bits per heavy atom. The predicted octanol–water partition coefficient (Wildman–Crippen LogP) is 4.02. The smallest absolute Gasteiger partial charge is 0.255 e. The minimum absolute atomic E-state index is 0.0885. The molecule has 0 N–H and O–H groups in total. The minimum atomic E-state index is 0.0885. The van der Waals surface area contributed by atoms with Crippen molar-refractivity contribution in [3.63, 3.8) is 0 Å². The number of benzene rings is 1. The van der Waals surface area contributed by atoms with Gasteiger partial charge in [-0.3, -0.25) is 14.7 Å². The molecule has 0 spiro atoms. The number of fused-ring (bicyclic) bond motifs is 2. The van der Waals surface area contributed by atoms with Gasteiger partial charge in [-0.1, -0.05) is 17.7 Å². The standard InChI is InChI=1S/C22H26ClN3O2/c1-13-5-6-16(10-24-13)22(27)26-12-17-9-18(26)11-25(17)15(3)19-7-8-20(28-4)14(2)21(19)23/h5-8,10,15,17-18H,9,11-12H2,1-4H3/t15-,17+,18+/m0/s1. The molecule has 2 aromatic rings. The molecule has 0 unspecified atom stereocenters. The van der Waals surface area contributed by atoms with Gasteiger partial charge in [0.15, 0.2) is 0 Å². The number of likely N-dealkylation sites (tertiary alicyclic amines) is 2. The number of aromatic nitrogens is 1. The predicted molar refractivity (Wildman–Crippen MR) is 110 cm³/mol. The first kappa shape index (κ1) is 19.2. The van der Waals surface area contributed by atoms with Crippen LogP contribution in [0.4, 0.5) is 0 Å². The topological polar surface area (TPSA) is 45.7 Å². The van der Waals surface area contributed by atoms with E-state index in [1.807, 2.05) is 36.9 Å². The lowest BCUT2D eigenvalue weighted by molar-refractivity contribution is 0.0569. The quantitative estimate of drug-likeness (QED) is 0.778. The van der Waals surface area contributed by atoms with E-state index in [9.17, 15) is 4.79 Å². The second-order valence-corrected chi connectivity index (χ2v) is 8.24. The Kier molecular flexibility index (Phi) is 5.06. The molecule has 0 saturated carbocycles. The molecule has 0 aliphatic carbocycles. The maximum Gasteiger partial charge on any atom is 0.255 e. The van der Waals surface area contributed by atoms with Crippen molar-refractivity contribution in [2.24, 2.45) is 0 Å². The second-order valence-electron chi connectivity index (χ2n) is 7.86. The van der Waals surface area contributed by atoms with Gasteiger partial charge in [0.25, 0.3) is 5.91 Å². The number of piperazine rings is 1. The third kappa shape index (κ3) is 3.16. The summed E-state index contributed by atoms with van der Waals surface area (Å²) in [6.45, 7) is 7.75. The zero-order valence-electron chi connectivity index (χ0n) is 16.8. The lowest BCUT2D eigenvalue weighted by atomic mass is 10.0. The maximum atomic E-state index is 12.9. The number of aryl methyl sites for hydroxylation is 1. The summed E-state index contributed by atoms with van der Waals surface area (Å²) in [6, 6.07) is 8.62. The average Bonchev–Trinajstić information content (AvgIpc) is 3.30. The number of ether oxygens (including phenoxy) is 1. The number of nitrogens with zero attached hydrogens (tertiary/aromatic N) is 3. The summed E-state index contributed by atoms with van der Waals surface area (Å²) in [5.41, 5.74) is 3.69. The summed E-state index contributed by atoms with van der Waals surface area (Å²) in [4.78, 5) is 21.7. The monoisotopic (exact) mass is 399 g/mol.